The molecule has 0 aliphatic rings. The molecule has 1 aromatic heterocycles. The van der Waals surface area contributed by atoms with Crippen LogP contribution in [0.3, 0.4) is 0 Å². The minimum absolute atomic E-state index is 0.0198. The molecule has 1 heterocycles. The predicted octanol–water partition coefficient (Wildman–Crippen LogP) is 3.20. The SMILES string of the molecule is CC(NC(N)=NCC(CO)Cc1ccccn1)c1ccc(Cl)cc1Cl. The number of aliphatic hydroxyl groups excluding tert-OH is 1. The minimum Gasteiger partial charge on any atom is -0.396 e. The van der Waals surface area contributed by atoms with Crippen molar-refractivity contribution < 1.29 is 5.11 Å². The van der Waals surface area contributed by atoms with E-state index in [1.165, 1.54) is 0 Å². The Morgan fingerprint density at radius 2 is 2.12 bits per heavy atom. The molecule has 2 unspecified atom stereocenters. The maximum absolute atomic E-state index is 9.53. The van der Waals surface area contributed by atoms with Gasteiger partial charge in [-0.2, -0.15) is 0 Å². The maximum atomic E-state index is 9.53. The van der Waals surface area contributed by atoms with Crippen molar-refractivity contribution in [3.05, 3.63) is 63.9 Å². The zero-order chi connectivity index (χ0) is 18.2. The van der Waals surface area contributed by atoms with Gasteiger partial charge in [-0.25, -0.2) is 0 Å². The average molecular weight is 381 g/mol. The van der Waals surface area contributed by atoms with Crippen LogP contribution in [0.5, 0.6) is 0 Å². The van der Waals surface area contributed by atoms with Crippen molar-refractivity contribution in [3.8, 4) is 0 Å². The van der Waals surface area contributed by atoms with Crippen LogP contribution < -0.4 is 11.1 Å². The fraction of sp³-hybridized carbons (Fsp3) is 0.333. The number of nitrogens with zero attached hydrogens (tertiary/aromatic N) is 2. The van der Waals surface area contributed by atoms with E-state index in [0.717, 1.165) is 11.3 Å². The molecule has 0 aliphatic carbocycles. The number of halogens is 2. The lowest BCUT2D eigenvalue weighted by Gasteiger charge is -2.17. The van der Waals surface area contributed by atoms with E-state index in [1.54, 1.807) is 18.3 Å². The van der Waals surface area contributed by atoms with Crippen LogP contribution in [-0.2, 0) is 6.42 Å². The summed E-state index contributed by atoms with van der Waals surface area (Å²) in [4.78, 5) is 8.60. The summed E-state index contributed by atoms with van der Waals surface area (Å²) in [6.45, 7) is 2.37. The molecule has 0 bridgehead atoms. The van der Waals surface area contributed by atoms with Gasteiger partial charge in [0.2, 0.25) is 0 Å². The second kappa shape index (κ2) is 9.61. The van der Waals surface area contributed by atoms with Gasteiger partial charge in [0.15, 0.2) is 5.96 Å². The van der Waals surface area contributed by atoms with Gasteiger partial charge in [0, 0.05) is 41.0 Å². The molecule has 134 valence electrons. The summed E-state index contributed by atoms with van der Waals surface area (Å²) in [6, 6.07) is 10.9. The van der Waals surface area contributed by atoms with Crippen molar-refractivity contribution >= 4 is 29.2 Å². The molecular weight excluding hydrogens is 359 g/mol. The van der Waals surface area contributed by atoms with Crippen LogP contribution in [0.15, 0.2) is 47.6 Å². The topological polar surface area (TPSA) is 83.5 Å². The number of nitrogens with two attached hydrogens (primary N) is 1. The molecule has 2 atom stereocenters. The first-order chi connectivity index (χ1) is 12.0. The number of aromatic nitrogens is 1. The molecule has 0 fully saturated rings. The van der Waals surface area contributed by atoms with E-state index in [2.05, 4.69) is 15.3 Å². The van der Waals surface area contributed by atoms with Crippen molar-refractivity contribution in [2.45, 2.75) is 19.4 Å². The molecular formula is C18H22Cl2N4O. The first-order valence-corrected chi connectivity index (χ1v) is 8.77. The predicted molar refractivity (Wildman–Crippen MR) is 103 cm³/mol. The van der Waals surface area contributed by atoms with Crippen LogP contribution in [0.2, 0.25) is 10.0 Å². The summed E-state index contributed by atoms with van der Waals surface area (Å²) in [5.74, 6) is 0.266. The number of benzene rings is 1. The third-order valence-corrected chi connectivity index (χ3v) is 4.36. The second-order valence-corrected chi connectivity index (χ2v) is 6.68. The molecule has 2 rings (SSSR count). The van der Waals surface area contributed by atoms with E-state index in [9.17, 15) is 5.11 Å². The Morgan fingerprint density at radius 1 is 1.32 bits per heavy atom. The Labute approximate surface area is 157 Å². The Morgan fingerprint density at radius 3 is 2.76 bits per heavy atom. The second-order valence-electron chi connectivity index (χ2n) is 5.83. The van der Waals surface area contributed by atoms with Gasteiger partial charge < -0.3 is 16.2 Å². The molecule has 4 N–H and O–H groups in total. The van der Waals surface area contributed by atoms with Crippen LogP contribution in [0, 0.1) is 5.92 Å². The molecule has 0 radical (unpaired) electrons. The fourth-order valence-corrected chi connectivity index (χ4v) is 3.00. The first-order valence-electron chi connectivity index (χ1n) is 8.01. The van der Waals surface area contributed by atoms with Gasteiger partial charge in [0.25, 0.3) is 0 Å². The Kier molecular flexibility index (Phi) is 7.50. The van der Waals surface area contributed by atoms with Gasteiger partial charge >= 0.3 is 0 Å². The van der Waals surface area contributed by atoms with Gasteiger partial charge in [-0.1, -0.05) is 35.3 Å². The lowest BCUT2D eigenvalue weighted by molar-refractivity contribution is 0.229. The fourth-order valence-electron chi connectivity index (χ4n) is 2.43. The third-order valence-electron chi connectivity index (χ3n) is 3.80. The van der Waals surface area contributed by atoms with Gasteiger partial charge in [-0.3, -0.25) is 9.98 Å². The van der Waals surface area contributed by atoms with Crippen molar-refractivity contribution in [3.63, 3.8) is 0 Å². The molecule has 0 aliphatic heterocycles. The number of aliphatic hydroxyl groups is 1. The van der Waals surface area contributed by atoms with E-state index in [-0.39, 0.29) is 18.6 Å². The zero-order valence-electron chi connectivity index (χ0n) is 14.0. The van der Waals surface area contributed by atoms with Gasteiger partial charge in [0.1, 0.15) is 0 Å². The average Bonchev–Trinajstić information content (AvgIpc) is 2.59. The molecule has 0 saturated carbocycles. The minimum atomic E-state index is -0.114. The molecule has 5 nitrogen and oxygen atoms in total. The molecule has 0 saturated heterocycles. The van der Waals surface area contributed by atoms with Crippen molar-refractivity contribution in [1.82, 2.24) is 10.3 Å². The number of nitrogens with one attached hydrogen (secondary N) is 1. The highest BCUT2D eigenvalue weighted by molar-refractivity contribution is 6.35. The van der Waals surface area contributed by atoms with Gasteiger partial charge in [0.05, 0.1) is 6.04 Å². The number of pyridine rings is 1. The third kappa shape index (κ3) is 6.20. The van der Waals surface area contributed by atoms with E-state index in [0.29, 0.717) is 29.0 Å². The maximum Gasteiger partial charge on any atom is 0.189 e. The molecule has 7 heteroatoms. The summed E-state index contributed by atoms with van der Waals surface area (Å²) in [5, 5.41) is 13.8. The van der Waals surface area contributed by atoms with Crippen LogP contribution in [-0.4, -0.2) is 29.2 Å². The zero-order valence-corrected chi connectivity index (χ0v) is 15.5. The van der Waals surface area contributed by atoms with E-state index < -0.39 is 0 Å². The Hall–Kier alpha value is -1.82. The number of hydrogen-bond donors (Lipinski definition) is 3. The smallest absolute Gasteiger partial charge is 0.189 e. The standard InChI is InChI=1S/C18H22Cl2N4O/c1-12(16-6-5-14(19)9-17(16)20)24-18(21)23-10-13(11-25)8-15-4-2-3-7-22-15/h2-7,9,12-13,25H,8,10-11H2,1H3,(H3,21,23,24). The summed E-state index contributed by atoms with van der Waals surface area (Å²) in [7, 11) is 0. The van der Waals surface area contributed by atoms with Crippen molar-refractivity contribution in [2.75, 3.05) is 13.2 Å². The van der Waals surface area contributed by atoms with E-state index in [4.69, 9.17) is 28.9 Å². The summed E-state index contributed by atoms with van der Waals surface area (Å²) in [5.41, 5.74) is 7.77. The first kappa shape index (κ1) is 19.5. The Bertz CT molecular complexity index is 709. The normalized spacial score (nSPS) is 14.2. The van der Waals surface area contributed by atoms with Gasteiger partial charge in [-0.15, -0.1) is 0 Å². The Balaban J connectivity index is 1.93. The highest BCUT2D eigenvalue weighted by Gasteiger charge is 2.12. The monoisotopic (exact) mass is 380 g/mol. The summed E-state index contributed by atoms with van der Waals surface area (Å²) in [6.07, 6.45) is 2.38. The van der Waals surface area contributed by atoms with Crippen LogP contribution >= 0.6 is 23.2 Å². The van der Waals surface area contributed by atoms with Gasteiger partial charge in [-0.05, 0) is 43.2 Å². The van der Waals surface area contributed by atoms with E-state index >= 15 is 0 Å². The molecule has 1 aromatic carbocycles. The largest absolute Gasteiger partial charge is 0.396 e. The molecule has 0 amide bonds. The highest BCUT2D eigenvalue weighted by Crippen LogP contribution is 2.25. The van der Waals surface area contributed by atoms with Crippen LogP contribution in [0.4, 0.5) is 0 Å². The quantitative estimate of drug-likeness (QED) is 0.508. The van der Waals surface area contributed by atoms with Crippen molar-refractivity contribution in [2.24, 2.45) is 16.6 Å². The van der Waals surface area contributed by atoms with Crippen LogP contribution in [0.1, 0.15) is 24.2 Å². The molecule has 25 heavy (non-hydrogen) atoms. The van der Waals surface area contributed by atoms with Crippen molar-refractivity contribution in [1.29, 1.82) is 0 Å². The molecule has 2 aromatic rings. The summed E-state index contributed by atoms with van der Waals surface area (Å²) >= 11 is 12.1. The summed E-state index contributed by atoms with van der Waals surface area (Å²) < 4.78 is 0. The lowest BCUT2D eigenvalue weighted by atomic mass is 10.0. The van der Waals surface area contributed by atoms with E-state index in [1.807, 2.05) is 31.2 Å². The number of rotatable bonds is 7. The molecule has 0 spiro atoms. The number of hydrogen-bond acceptors (Lipinski definition) is 3. The highest BCUT2D eigenvalue weighted by atomic mass is 35.5. The number of guanidine groups is 1. The number of aliphatic imine (C=N–C) groups is 1. The lowest BCUT2D eigenvalue weighted by Crippen LogP contribution is -2.34. The van der Waals surface area contributed by atoms with Crippen LogP contribution in [0.25, 0.3) is 0 Å².